The Kier molecular flexibility index (Phi) is 7.44. The molecule has 1 aliphatic rings. The summed E-state index contributed by atoms with van der Waals surface area (Å²) in [4.78, 5) is 0. The molecule has 0 amide bonds. The van der Waals surface area contributed by atoms with Crippen molar-refractivity contribution in [3.05, 3.63) is 82.9 Å². The molecule has 0 aliphatic carbocycles. The number of halogens is 1. The van der Waals surface area contributed by atoms with Crippen molar-refractivity contribution in [2.24, 2.45) is 0 Å². The summed E-state index contributed by atoms with van der Waals surface area (Å²) in [6.07, 6.45) is 0. The van der Waals surface area contributed by atoms with Crippen LogP contribution in [0.4, 0.5) is 0 Å². The Labute approximate surface area is 183 Å². The van der Waals surface area contributed by atoms with Crippen molar-refractivity contribution in [2.75, 3.05) is 13.9 Å². The molecule has 1 N–H and O–H groups in total. The van der Waals surface area contributed by atoms with Crippen molar-refractivity contribution in [1.82, 2.24) is 5.32 Å². The molecule has 0 saturated carbocycles. The maximum Gasteiger partial charge on any atom is 0.231 e. The molecule has 30 heavy (non-hydrogen) atoms. The fourth-order valence-corrected chi connectivity index (χ4v) is 3.31. The average Bonchev–Trinajstić information content (AvgIpc) is 3.20. The number of fused-ring (bicyclic) bond motifs is 1. The van der Waals surface area contributed by atoms with E-state index < -0.39 is 0 Å². The Balaban J connectivity index is 0.00000256. The van der Waals surface area contributed by atoms with E-state index >= 15 is 0 Å². The first-order valence-corrected chi connectivity index (χ1v) is 9.66. The second-order valence-corrected chi connectivity index (χ2v) is 7.05. The van der Waals surface area contributed by atoms with Crippen LogP contribution in [0, 0.1) is 6.92 Å². The fraction of sp³-hybridized carbons (Fsp3) is 0.250. The highest BCUT2D eigenvalue weighted by Crippen LogP contribution is 2.32. The van der Waals surface area contributed by atoms with Crippen molar-refractivity contribution in [2.45, 2.75) is 26.6 Å². The summed E-state index contributed by atoms with van der Waals surface area (Å²) >= 11 is 0. The van der Waals surface area contributed by atoms with Crippen LogP contribution in [0.2, 0.25) is 0 Å². The zero-order valence-corrected chi connectivity index (χ0v) is 17.9. The van der Waals surface area contributed by atoms with Gasteiger partial charge in [-0.25, -0.2) is 0 Å². The van der Waals surface area contributed by atoms with Crippen LogP contribution >= 0.6 is 0 Å². The van der Waals surface area contributed by atoms with Gasteiger partial charge >= 0.3 is 0 Å². The summed E-state index contributed by atoms with van der Waals surface area (Å²) in [6.45, 7) is 4.35. The monoisotopic (exact) mass is 426 g/mol. The van der Waals surface area contributed by atoms with E-state index in [4.69, 9.17) is 18.9 Å². The maximum absolute atomic E-state index is 5.97. The molecule has 0 atom stereocenters. The number of nitrogens with one attached hydrogen (secondary N) is 1. The van der Waals surface area contributed by atoms with Gasteiger partial charge in [0.25, 0.3) is 0 Å². The molecular weight excluding hydrogens is 402 g/mol. The lowest BCUT2D eigenvalue weighted by molar-refractivity contribution is -0.00000804. The number of benzene rings is 3. The lowest BCUT2D eigenvalue weighted by Gasteiger charge is -2.13. The molecule has 3 aromatic carbocycles. The summed E-state index contributed by atoms with van der Waals surface area (Å²) in [5, 5.41) is 3.45. The number of rotatable bonds is 8. The van der Waals surface area contributed by atoms with Gasteiger partial charge in [-0.15, -0.1) is 0 Å². The minimum absolute atomic E-state index is 0. The fourth-order valence-electron chi connectivity index (χ4n) is 3.31. The largest absolute Gasteiger partial charge is 1.00 e. The van der Waals surface area contributed by atoms with E-state index in [-0.39, 0.29) is 12.4 Å². The summed E-state index contributed by atoms with van der Waals surface area (Å²) in [6, 6.07) is 20.3. The van der Waals surface area contributed by atoms with Gasteiger partial charge in [0.2, 0.25) is 6.79 Å². The van der Waals surface area contributed by atoms with Gasteiger partial charge in [0.1, 0.15) is 6.61 Å². The Morgan fingerprint density at radius 2 is 1.60 bits per heavy atom. The van der Waals surface area contributed by atoms with Gasteiger partial charge in [-0.3, -0.25) is 0 Å². The predicted molar refractivity (Wildman–Crippen MR) is 112 cm³/mol. The van der Waals surface area contributed by atoms with Gasteiger partial charge in [-0.05, 0) is 47.9 Å². The predicted octanol–water partition coefficient (Wildman–Crippen LogP) is 1.61. The van der Waals surface area contributed by atoms with Crippen LogP contribution in [0.3, 0.4) is 0 Å². The first-order chi connectivity index (χ1) is 14.2. The van der Waals surface area contributed by atoms with Crippen LogP contribution in [-0.4, -0.2) is 13.9 Å². The third-order valence-corrected chi connectivity index (χ3v) is 4.80. The Bertz CT molecular complexity index is 993. The molecule has 0 bridgehead atoms. The first-order valence-electron chi connectivity index (χ1n) is 9.66. The van der Waals surface area contributed by atoms with Crippen molar-refractivity contribution in [1.29, 1.82) is 0 Å². The molecule has 0 radical (unpaired) electrons. The van der Waals surface area contributed by atoms with Crippen molar-refractivity contribution < 1.29 is 31.4 Å². The van der Waals surface area contributed by atoms with E-state index in [2.05, 4.69) is 36.5 Å². The SMILES string of the molecule is COc1cc(CNCc2ccc3c(c2)OCO3)ccc1OCc1cccc(C)c1.[Cl-]. The molecular formula is C24H25ClNO4-. The standard InChI is InChI=1S/C24H25NO4.ClH/c1-17-4-3-5-20(10-17)15-27-21-8-6-18(11-23(21)26-2)13-25-14-19-7-9-22-24(12-19)29-16-28-22;/h3-12,25H,13-16H2,1-2H3;1H/p-1. The molecule has 1 aliphatic heterocycles. The summed E-state index contributed by atoms with van der Waals surface area (Å²) in [7, 11) is 1.67. The Morgan fingerprint density at radius 1 is 0.833 bits per heavy atom. The van der Waals surface area contributed by atoms with E-state index in [9.17, 15) is 0 Å². The lowest BCUT2D eigenvalue weighted by Crippen LogP contribution is -3.00. The highest BCUT2D eigenvalue weighted by molar-refractivity contribution is 5.45. The van der Waals surface area contributed by atoms with E-state index in [1.54, 1.807) is 7.11 Å². The van der Waals surface area contributed by atoms with Gasteiger partial charge in [-0.2, -0.15) is 0 Å². The summed E-state index contributed by atoms with van der Waals surface area (Å²) < 4.78 is 22.3. The molecule has 0 spiro atoms. The molecule has 4 rings (SSSR count). The van der Waals surface area contributed by atoms with Crippen LogP contribution in [0.1, 0.15) is 22.3 Å². The van der Waals surface area contributed by atoms with E-state index in [0.29, 0.717) is 13.4 Å². The van der Waals surface area contributed by atoms with Gasteiger partial charge in [-0.1, -0.05) is 42.0 Å². The van der Waals surface area contributed by atoms with Gasteiger partial charge < -0.3 is 36.7 Å². The molecule has 5 nitrogen and oxygen atoms in total. The van der Waals surface area contributed by atoms with E-state index in [1.807, 2.05) is 36.4 Å². The zero-order chi connectivity index (χ0) is 20.1. The van der Waals surface area contributed by atoms with Crippen LogP contribution in [0.5, 0.6) is 23.0 Å². The highest BCUT2D eigenvalue weighted by atomic mass is 35.5. The zero-order valence-electron chi connectivity index (χ0n) is 17.1. The van der Waals surface area contributed by atoms with Crippen molar-refractivity contribution >= 4 is 0 Å². The molecule has 1 heterocycles. The summed E-state index contributed by atoms with van der Waals surface area (Å²) in [5.41, 5.74) is 4.65. The molecule has 0 aromatic heterocycles. The first kappa shape index (κ1) is 21.8. The maximum atomic E-state index is 5.97. The number of methoxy groups -OCH3 is 1. The topological polar surface area (TPSA) is 49.0 Å². The van der Waals surface area contributed by atoms with Crippen LogP contribution in [0.15, 0.2) is 60.7 Å². The van der Waals surface area contributed by atoms with E-state index in [0.717, 1.165) is 52.8 Å². The second-order valence-electron chi connectivity index (χ2n) is 7.05. The number of hydrogen-bond acceptors (Lipinski definition) is 5. The average molecular weight is 427 g/mol. The molecule has 0 saturated heterocycles. The minimum Gasteiger partial charge on any atom is -1.00 e. The highest BCUT2D eigenvalue weighted by Gasteiger charge is 2.13. The second kappa shape index (κ2) is 10.2. The molecule has 6 heteroatoms. The molecule has 158 valence electrons. The molecule has 0 unspecified atom stereocenters. The van der Waals surface area contributed by atoms with Gasteiger partial charge in [0.15, 0.2) is 23.0 Å². The number of aryl methyl sites for hydroxylation is 1. The summed E-state index contributed by atoms with van der Waals surface area (Å²) in [5.74, 6) is 3.09. The van der Waals surface area contributed by atoms with Crippen LogP contribution in [0.25, 0.3) is 0 Å². The van der Waals surface area contributed by atoms with Crippen molar-refractivity contribution in [3.63, 3.8) is 0 Å². The molecule has 3 aromatic rings. The number of ether oxygens (including phenoxy) is 4. The third-order valence-electron chi connectivity index (χ3n) is 4.80. The normalized spacial score (nSPS) is 11.7. The van der Waals surface area contributed by atoms with Crippen LogP contribution < -0.4 is 36.7 Å². The van der Waals surface area contributed by atoms with E-state index in [1.165, 1.54) is 5.56 Å². The Morgan fingerprint density at radius 3 is 2.40 bits per heavy atom. The quantitative estimate of drug-likeness (QED) is 0.593. The lowest BCUT2D eigenvalue weighted by atomic mass is 10.1. The minimum atomic E-state index is 0. The smallest absolute Gasteiger partial charge is 0.231 e. The van der Waals surface area contributed by atoms with Gasteiger partial charge in [0.05, 0.1) is 7.11 Å². The van der Waals surface area contributed by atoms with Crippen LogP contribution in [-0.2, 0) is 19.7 Å². The Hall–Kier alpha value is -2.89. The van der Waals surface area contributed by atoms with Crippen molar-refractivity contribution in [3.8, 4) is 23.0 Å². The number of hydrogen-bond donors (Lipinski definition) is 1. The molecule has 0 fully saturated rings. The third kappa shape index (κ3) is 5.38. The van der Waals surface area contributed by atoms with Gasteiger partial charge in [0, 0.05) is 13.1 Å².